The zero-order valence-corrected chi connectivity index (χ0v) is 21.8. The minimum Gasteiger partial charge on any atom is -0.393 e. The third-order valence-corrected chi connectivity index (χ3v) is 12.6. The van der Waals surface area contributed by atoms with Gasteiger partial charge in [-0.15, -0.1) is 0 Å². The maximum Gasteiger partial charge on any atom is 0.159 e. The lowest BCUT2D eigenvalue weighted by atomic mass is 9.33. The summed E-state index contributed by atoms with van der Waals surface area (Å²) in [6.45, 7) is 19.1. The summed E-state index contributed by atoms with van der Waals surface area (Å²) >= 11 is 0. The Labute approximate surface area is 196 Å². The Morgan fingerprint density at radius 2 is 1.66 bits per heavy atom. The first-order valence-electron chi connectivity index (χ1n) is 13.3. The number of carbonyl (C=O) groups is 1. The average molecular weight is 439 g/mol. The second-order valence-corrected chi connectivity index (χ2v) is 14.2. The van der Waals surface area contributed by atoms with Crippen LogP contribution in [0.3, 0.4) is 0 Å². The van der Waals surface area contributed by atoms with E-state index in [-0.39, 0.29) is 39.1 Å². The Balaban J connectivity index is 1.66. The first kappa shape index (κ1) is 22.9. The summed E-state index contributed by atoms with van der Waals surface area (Å²) in [6, 6.07) is 0. The van der Waals surface area contributed by atoms with Crippen LogP contribution in [-0.4, -0.2) is 17.0 Å². The van der Waals surface area contributed by atoms with Crippen molar-refractivity contribution in [1.82, 2.24) is 0 Å². The molecular formula is C30H46O2. The molecule has 0 bridgehead atoms. The molecule has 2 heteroatoms. The van der Waals surface area contributed by atoms with Crippen LogP contribution in [0.25, 0.3) is 0 Å². The van der Waals surface area contributed by atoms with Crippen LogP contribution in [0.15, 0.2) is 23.3 Å². The molecule has 32 heavy (non-hydrogen) atoms. The van der Waals surface area contributed by atoms with Crippen LogP contribution in [-0.2, 0) is 4.79 Å². The maximum absolute atomic E-state index is 14.2. The number of aliphatic hydroxyl groups is 1. The highest BCUT2D eigenvalue weighted by molar-refractivity contribution is 5.95. The van der Waals surface area contributed by atoms with Gasteiger partial charge in [-0.3, -0.25) is 4.79 Å². The third-order valence-electron chi connectivity index (χ3n) is 12.6. The number of hydrogen-bond donors (Lipinski definition) is 1. The van der Waals surface area contributed by atoms with Gasteiger partial charge in [-0.25, -0.2) is 0 Å². The highest BCUT2D eigenvalue weighted by atomic mass is 16.3. The normalized spacial score (nSPS) is 54.4. The van der Waals surface area contributed by atoms with Crippen molar-refractivity contribution in [2.75, 3.05) is 0 Å². The minimum absolute atomic E-state index is 0.00784. The fourth-order valence-corrected chi connectivity index (χ4v) is 10.3. The minimum atomic E-state index is -0.251. The van der Waals surface area contributed by atoms with Gasteiger partial charge in [-0.2, -0.15) is 0 Å². The van der Waals surface area contributed by atoms with Crippen molar-refractivity contribution in [3.8, 4) is 0 Å². The van der Waals surface area contributed by atoms with Gasteiger partial charge in [-0.05, 0) is 103 Å². The summed E-state index contributed by atoms with van der Waals surface area (Å²) in [7, 11) is 0. The fourth-order valence-electron chi connectivity index (χ4n) is 10.3. The van der Waals surface area contributed by atoms with Gasteiger partial charge >= 0.3 is 0 Å². The molecule has 9 atom stereocenters. The summed E-state index contributed by atoms with van der Waals surface area (Å²) in [6.07, 6.45) is 12.1. The molecule has 5 rings (SSSR count). The number of fused-ring (bicyclic) bond motifs is 7. The summed E-state index contributed by atoms with van der Waals surface area (Å²) < 4.78 is 0. The van der Waals surface area contributed by atoms with Gasteiger partial charge in [0.1, 0.15) is 0 Å². The Kier molecular flexibility index (Phi) is 4.73. The Hall–Kier alpha value is -0.890. The van der Waals surface area contributed by atoms with Gasteiger partial charge in [0.05, 0.1) is 6.10 Å². The van der Waals surface area contributed by atoms with Crippen LogP contribution in [0.4, 0.5) is 0 Å². The Bertz CT molecular complexity index is 910. The van der Waals surface area contributed by atoms with E-state index in [9.17, 15) is 9.90 Å². The second kappa shape index (κ2) is 6.61. The molecule has 0 saturated heterocycles. The molecule has 5 aliphatic rings. The topological polar surface area (TPSA) is 37.3 Å². The van der Waals surface area contributed by atoms with E-state index in [0.717, 1.165) is 32.1 Å². The molecule has 0 radical (unpaired) electrons. The summed E-state index contributed by atoms with van der Waals surface area (Å²) in [5, 5.41) is 10.9. The average Bonchev–Trinajstić information content (AvgIpc) is 2.70. The zero-order valence-electron chi connectivity index (χ0n) is 21.8. The molecule has 3 saturated carbocycles. The van der Waals surface area contributed by atoms with Crippen molar-refractivity contribution in [2.24, 2.45) is 50.7 Å². The molecule has 1 N–H and O–H groups in total. The van der Waals surface area contributed by atoms with E-state index >= 15 is 0 Å². The van der Waals surface area contributed by atoms with Gasteiger partial charge in [-0.1, -0.05) is 65.7 Å². The van der Waals surface area contributed by atoms with E-state index in [4.69, 9.17) is 0 Å². The SMILES string of the molecule is CC1=CC[C@]2(C)CC[C@]3(C)C(=CC(=O)[C@@H]4[C@@]5(C)CC[C@H](O)C(C)(C)[C@@H]5CC[C@]43C)[C@@H]2[C@H]1C. The molecular weight excluding hydrogens is 392 g/mol. The number of aliphatic hydroxyl groups excluding tert-OH is 1. The molecule has 2 nitrogen and oxygen atoms in total. The summed E-state index contributed by atoms with van der Waals surface area (Å²) in [5.74, 6) is 1.90. The maximum atomic E-state index is 14.2. The molecule has 178 valence electrons. The molecule has 0 spiro atoms. The molecule has 0 aliphatic heterocycles. The van der Waals surface area contributed by atoms with Gasteiger partial charge < -0.3 is 5.11 Å². The fraction of sp³-hybridized carbons (Fsp3) is 0.833. The van der Waals surface area contributed by atoms with Gasteiger partial charge in [0.15, 0.2) is 5.78 Å². The molecule has 0 amide bonds. The van der Waals surface area contributed by atoms with Gasteiger partial charge in [0.2, 0.25) is 0 Å². The molecule has 5 aliphatic carbocycles. The molecule has 3 fully saturated rings. The third kappa shape index (κ3) is 2.54. The zero-order chi connectivity index (χ0) is 23.5. The molecule has 0 heterocycles. The molecule has 0 aromatic rings. The van der Waals surface area contributed by atoms with E-state index in [1.165, 1.54) is 24.0 Å². The van der Waals surface area contributed by atoms with Crippen LogP contribution in [0.2, 0.25) is 0 Å². The highest BCUT2D eigenvalue weighted by Crippen LogP contribution is 2.74. The van der Waals surface area contributed by atoms with Crippen LogP contribution >= 0.6 is 0 Å². The van der Waals surface area contributed by atoms with Crippen molar-refractivity contribution >= 4 is 5.78 Å². The number of rotatable bonds is 0. The molecule has 0 aromatic heterocycles. The predicted octanol–water partition coefficient (Wildman–Crippen LogP) is 7.12. The van der Waals surface area contributed by atoms with E-state index in [2.05, 4.69) is 67.5 Å². The smallest absolute Gasteiger partial charge is 0.159 e. The lowest BCUT2D eigenvalue weighted by Crippen LogP contribution is -2.66. The van der Waals surface area contributed by atoms with E-state index < -0.39 is 0 Å². The van der Waals surface area contributed by atoms with E-state index in [0.29, 0.717) is 23.5 Å². The summed E-state index contributed by atoms with van der Waals surface area (Å²) in [5.41, 5.74) is 3.25. The number of hydrogen-bond acceptors (Lipinski definition) is 2. The lowest BCUT2D eigenvalue weighted by molar-refractivity contribution is -0.201. The van der Waals surface area contributed by atoms with E-state index in [1.54, 1.807) is 0 Å². The van der Waals surface area contributed by atoms with E-state index in [1.807, 2.05) is 0 Å². The van der Waals surface area contributed by atoms with Crippen molar-refractivity contribution in [3.05, 3.63) is 23.3 Å². The largest absolute Gasteiger partial charge is 0.393 e. The van der Waals surface area contributed by atoms with Crippen molar-refractivity contribution in [1.29, 1.82) is 0 Å². The Morgan fingerprint density at radius 1 is 0.969 bits per heavy atom. The number of carbonyl (C=O) groups excluding carboxylic acids is 1. The van der Waals surface area contributed by atoms with Crippen molar-refractivity contribution in [2.45, 2.75) is 106 Å². The predicted molar refractivity (Wildman–Crippen MR) is 131 cm³/mol. The summed E-state index contributed by atoms with van der Waals surface area (Å²) in [4.78, 5) is 14.2. The Morgan fingerprint density at radius 3 is 2.34 bits per heavy atom. The van der Waals surface area contributed by atoms with Gasteiger partial charge in [0.25, 0.3) is 0 Å². The van der Waals surface area contributed by atoms with Gasteiger partial charge in [0, 0.05) is 5.92 Å². The van der Waals surface area contributed by atoms with Crippen molar-refractivity contribution in [3.63, 3.8) is 0 Å². The van der Waals surface area contributed by atoms with Crippen molar-refractivity contribution < 1.29 is 9.90 Å². The first-order valence-corrected chi connectivity index (χ1v) is 13.3. The number of ketones is 1. The molecule has 0 unspecified atom stereocenters. The molecule has 0 aromatic carbocycles. The first-order chi connectivity index (χ1) is 14.7. The van der Waals surface area contributed by atoms with Crippen LogP contribution < -0.4 is 0 Å². The van der Waals surface area contributed by atoms with Crippen LogP contribution in [0.1, 0.15) is 100 Å². The monoisotopic (exact) mass is 438 g/mol. The lowest BCUT2D eigenvalue weighted by Gasteiger charge is -2.70. The quantitative estimate of drug-likeness (QED) is 0.409. The standard InChI is InChI=1S/C30H46O2/c1-18-9-12-27(5)15-16-29(7)20(24(27)19(18)2)17-21(31)25-28(6)13-11-23(32)26(3,4)22(28)10-14-30(25,29)8/h9,17,19,22-25,32H,10-16H2,1-8H3/t19-,22-,23-,24-,25+,27+,28-,29+,30+/m0/s1. The number of allylic oxidation sites excluding steroid dienone is 4. The second-order valence-electron chi connectivity index (χ2n) is 14.2. The van der Waals surface area contributed by atoms with Crippen LogP contribution in [0.5, 0.6) is 0 Å². The highest BCUT2D eigenvalue weighted by Gasteiger charge is 2.69. The van der Waals surface area contributed by atoms with Crippen LogP contribution in [0, 0.1) is 50.7 Å².